The van der Waals surface area contributed by atoms with Crippen LogP contribution in [0.1, 0.15) is 17.1 Å². The van der Waals surface area contributed by atoms with E-state index in [0.717, 1.165) is 11.5 Å². The van der Waals surface area contributed by atoms with Gasteiger partial charge in [0.2, 0.25) is 5.91 Å². The molecule has 0 atom stereocenters. The number of furan rings is 2. The molecule has 3 rings (SSSR count). The molecule has 2 aromatic heterocycles. The Morgan fingerprint density at radius 1 is 1.08 bits per heavy atom. The third kappa shape index (κ3) is 4.81. The summed E-state index contributed by atoms with van der Waals surface area (Å²) in [5, 5.41) is 2.72. The van der Waals surface area contributed by atoms with E-state index >= 15 is 0 Å². The maximum absolute atomic E-state index is 13.6. The number of carbonyl (C=O) groups is 1. The van der Waals surface area contributed by atoms with E-state index in [-0.39, 0.29) is 18.3 Å². The van der Waals surface area contributed by atoms with Gasteiger partial charge in [0, 0.05) is 5.69 Å². The lowest BCUT2D eigenvalue weighted by molar-refractivity contribution is -0.117. The lowest BCUT2D eigenvalue weighted by atomic mass is 10.2. The Morgan fingerprint density at radius 2 is 1.72 bits per heavy atom. The Morgan fingerprint density at radius 3 is 2.24 bits per heavy atom. The van der Waals surface area contributed by atoms with E-state index in [1.54, 1.807) is 43.7 Å². The van der Waals surface area contributed by atoms with E-state index in [4.69, 9.17) is 8.83 Å². The van der Waals surface area contributed by atoms with Crippen LogP contribution in [0.2, 0.25) is 0 Å². The van der Waals surface area contributed by atoms with Crippen LogP contribution in [0.4, 0.5) is 10.1 Å². The molecule has 0 bridgehead atoms. The van der Waals surface area contributed by atoms with Gasteiger partial charge < -0.3 is 14.2 Å². The number of halogens is 1. The summed E-state index contributed by atoms with van der Waals surface area (Å²) in [7, 11) is 0. The number of nitrogens with one attached hydrogen (secondary N) is 1. The van der Waals surface area contributed by atoms with Crippen LogP contribution in [0.5, 0.6) is 0 Å². The summed E-state index contributed by atoms with van der Waals surface area (Å²) in [6.07, 6.45) is 3.19. The quantitative estimate of drug-likeness (QED) is 0.706. The summed E-state index contributed by atoms with van der Waals surface area (Å²) >= 11 is 0. The third-order valence-corrected chi connectivity index (χ3v) is 3.74. The van der Waals surface area contributed by atoms with E-state index in [1.807, 2.05) is 17.0 Å². The van der Waals surface area contributed by atoms with Crippen LogP contribution < -0.4 is 5.32 Å². The molecule has 1 aromatic carbocycles. The predicted molar refractivity (Wildman–Crippen MR) is 91.3 cm³/mol. The second kappa shape index (κ2) is 7.81. The first kappa shape index (κ1) is 17.0. The smallest absolute Gasteiger partial charge is 0.238 e. The zero-order valence-corrected chi connectivity index (χ0v) is 13.9. The average molecular weight is 342 g/mol. The van der Waals surface area contributed by atoms with Crippen molar-refractivity contribution < 1.29 is 18.0 Å². The number of hydrogen-bond acceptors (Lipinski definition) is 4. The summed E-state index contributed by atoms with van der Waals surface area (Å²) < 4.78 is 24.3. The molecule has 0 aliphatic carbocycles. The Balaban J connectivity index is 1.65. The fourth-order valence-electron chi connectivity index (χ4n) is 2.49. The highest BCUT2D eigenvalue weighted by Crippen LogP contribution is 2.15. The van der Waals surface area contributed by atoms with Gasteiger partial charge in [-0.25, -0.2) is 4.39 Å². The molecule has 1 N–H and O–H groups in total. The van der Waals surface area contributed by atoms with Crippen molar-refractivity contribution in [2.24, 2.45) is 0 Å². The molecule has 0 aliphatic rings. The molecule has 1 amide bonds. The van der Waals surface area contributed by atoms with Crippen LogP contribution in [0.3, 0.4) is 0 Å². The van der Waals surface area contributed by atoms with Crippen molar-refractivity contribution in [3.8, 4) is 0 Å². The average Bonchev–Trinajstić information content (AvgIpc) is 3.25. The Bertz CT molecular complexity index is 777. The Kier molecular flexibility index (Phi) is 5.30. The van der Waals surface area contributed by atoms with Crippen molar-refractivity contribution in [3.05, 3.63) is 77.9 Å². The van der Waals surface area contributed by atoms with Crippen LogP contribution in [0.25, 0.3) is 0 Å². The van der Waals surface area contributed by atoms with Crippen LogP contribution in [-0.4, -0.2) is 17.4 Å². The zero-order chi connectivity index (χ0) is 17.6. The number of rotatable bonds is 7. The van der Waals surface area contributed by atoms with Crippen molar-refractivity contribution in [2.75, 3.05) is 11.9 Å². The fraction of sp³-hybridized carbons (Fsp3) is 0.211. The van der Waals surface area contributed by atoms with Gasteiger partial charge in [0.25, 0.3) is 0 Å². The number of benzene rings is 1. The Labute approximate surface area is 145 Å². The number of nitrogens with zero attached hydrogens (tertiary/aromatic N) is 1. The monoisotopic (exact) mass is 342 g/mol. The molecule has 0 aliphatic heterocycles. The zero-order valence-electron chi connectivity index (χ0n) is 13.9. The van der Waals surface area contributed by atoms with Crippen LogP contribution >= 0.6 is 0 Å². The molecule has 6 heteroatoms. The van der Waals surface area contributed by atoms with Gasteiger partial charge in [0.1, 0.15) is 17.3 Å². The molecule has 0 saturated heterocycles. The highest BCUT2D eigenvalue weighted by atomic mass is 19.1. The summed E-state index contributed by atoms with van der Waals surface area (Å²) in [6, 6.07) is 11.9. The molecule has 0 spiro atoms. The largest absolute Gasteiger partial charge is 0.468 e. The van der Waals surface area contributed by atoms with Crippen LogP contribution in [-0.2, 0) is 17.9 Å². The maximum Gasteiger partial charge on any atom is 0.238 e. The topological polar surface area (TPSA) is 58.6 Å². The number of aryl methyl sites for hydroxylation is 1. The lowest BCUT2D eigenvalue weighted by Gasteiger charge is -2.19. The molecule has 2 heterocycles. The molecular weight excluding hydrogens is 323 g/mol. The van der Waals surface area contributed by atoms with Crippen molar-refractivity contribution >= 4 is 11.6 Å². The van der Waals surface area contributed by atoms with Crippen molar-refractivity contribution in [3.63, 3.8) is 0 Å². The molecule has 0 unspecified atom stereocenters. The van der Waals surface area contributed by atoms with Gasteiger partial charge >= 0.3 is 0 Å². The van der Waals surface area contributed by atoms with Gasteiger partial charge in [-0.05, 0) is 48.9 Å². The van der Waals surface area contributed by atoms with E-state index < -0.39 is 0 Å². The number of hydrogen-bond donors (Lipinski definition) is 1. The second-order valence-electron chi connectivity index (χ2n) is 5.82. The molecule has 5 nitrogen and oxygen atoms in total. The second-order valence-corrected chi connectivity index (χ2v) is 5.82. The summed E-state index contributed by atoms with van der Waals surface area (Å²) in [6.45, 7) is 2.72. The van der Waals surface area contributed by atoms with E-state index in [0.29, 0.717) is 24.3 Å². The van der Waals surface area contributed by atoms with Crippen molar-refractivity contribution in [1.29, 1.82) is 0 Å². The minimum atomic E-state index is -0.346. The van der Waals surface area contributed by atoms with Gasteiger partial charge in [0.05, 0.1) is 32.2 Å². The van der Waals surface area contributed by atoms with Gasteiger partial charge in [-0.2, -0.15) is 0 Å². The SMILES string of the molecule is Cc1ccc(NC(=O)CN(Cc2ccco2)Cc2ccco2)cc1F. The predicted octanol–water partition coefficient (Wildman–Crippen LogP) is 3.96. The van der Waals surface area contributed by atoms with Crippen LogP contribution in [0, 0.1) is 12.7 Å². The van der Waals surface area contributed by atoms with Crippen molar-refractivity contribution in [1.82, 2.24) is 4.90 Å². The fourth-order valence-corrected chi connectivity index (χ4v) is 2.49. The maximum atomic E-state index is 13.6. The Hall–Kier alpha value is -2.86. The lowest BCUT2D eigenvalue weighted by Crippen LogP contribution is -2.32. The van der Waals surface area contributed by atoms with E-state index in [2.05, 4.69) is 5.32 Å². The van der Waals surface area contributed by atoms with Crippen LogP contribution in [0.15, 0.2) is 63.8 Å². The van der Waals surface area contributed by atoms with Crippen molar-refractivity contribution in [2.45, 2.75) is 20.0 Å². The first-order chi connectivity index (χ1) is 12.1. The molecule has 25 heavy (non-hydrogen) atoms. The minimum absolute atomic E-state index is 0.122. The molecule has 0 radical (unpaired) electrons. The molecule has 3 aromatic rings. The van der Waals surface area contributed by atoms with Gasteiger partial charge in [-0.3, -0.25) is 9.69 Å². The number of amides is 1. The molecular formula is C19H19FN2O3. The standard InChI is InChI=1S/C19H19FN2O3/c1-14-6-7-15(10-18(14)20)21-19(23)13-22(11-16-4-2-8-24-16)12-17-5-3-9-25-17/h2-10H,11-13H2,1H3,(H,21,23). The summed E-state index contributed by atoms with van der Waals surface area (Å²) in [5.74, 6) is 0.920. The van der Waals surface area contributed by atoms with Gasteiger partial charge in [-0.15, -0.1) is 0 Å². The highest BCUT2D eigenvalue weighted by Gasteiger charge is 2.15. The highest BCUT2D eigenvalue weighted by molar-refractivity contribution is 5.92. The van der Waals surface area contributed by atoms with E-state index in [9.17, 15) is 9.18 Å². The molecule has 0 saturated carbocycles. The number of anilines is 1. The molecule has 0 fully saturated rings. The first-order valence-electron chi connectivity index (χ1n) is 7.93. The minimum Gasteiger partial charge on any atom is -0.468 e. The summed E-state index contributed by atoms with van der Waals surface area (Å²) in [4.78, 5) is 14.2. The summed E-state index contributed by atoms with van der Waals surface area (Å²) in [5.41, 5.74) is 0.972. The normalized spacial score (nSPS) is 11.0. The molecule has 130 valence electrons. The van der Waals surface area contributed by atoms with Gasteiger partial charge in [0.15, 0.2) is 0 Å². The first-order valence-corrected chi connectivity index (χ1v) is 7.93. The van der Waals surface area contributed by atoms with E-state index in [1.165, 1.54) is 6.07 Å². The number of carbonyl (C=O) groups excluding carboxylic acids is 1. The third-order valence-electron chi connectivity index (χ3n) is 3.74. The van der Waals surface area contributed by atoms with Gasteiger partial charge in [-0.1, -0.05) is 6.07 Å².